The maximum Gasteiger partial charge on any atom is 0.124 e. The monoisotopic (exact) mass is 310 g/mol. The Morgan fingerprint density at radius 2 is 2.05 bits per heavy atom. The van der Waals surface area contributed by atoms with Gasteiger partial charge < -0.3 is 10.5 Å². The Bertz CT molecular complexity index is 458. The van der Waals surface area contributed by atoms with Crippen molar-refractivity contribution in [1.29, 1.82) is 0 Å². The number of nitrogens with zero attached hydrogens (tertiary/aromatic N) is 1. The fourth-order valence-electron chi connectivity index (χ4n) is 3.01. The van der Waals surface area contributed by atoms with Crippen LogP contribution >= 0.6 is 11.6 Å². The van der Waals surface area contributed by atoms with Gasteiger partial charge in [0.05, 0.1) is 6.61 Å². The van der Waals surface area contributed by atoms with Crippen LogP contribution in [0.1, 0.15) is 49.8 Å². The molecule has 1 aromatic rings. The Morgan fingerprint density at radius 3 is 2.67 bits per heavy atom. The highest BCUT2D eigenvalue weighted by molar-refractivity contribution is 6.31. The second kappa shape index (κ2) is 8.02. The Hall–Kier alpha value is -0.770. The van der Waals surface area contributed by atoms with Gasteiger partial charge in [-0.15, -0.1) is 0 Å². The van der Waals surface area contributed by atoms with Gasteiger partial charge in [-0.1, -0.05) is 18.5 Å². The first kappa shape index (κ1) is 16.6. The SMILES string of the molecule is CCCOc1cc(C)c(Cl)cc1C(CCN)N1CCCC1. The second-order valence-corrected chi connectivity index (χ2v) is 6.23. The van der Waals surface area contributed by atoms with E-state index in [4.69, 9.17) is 22.1 Å². The van der Waals surface area contributed by atoms with E-state index in [0.29, 0.717) is 12.6 Å². The van der Waals surface area contributed by atoms with Gasteiger partial charge in [0.25, 0.3) is 0 Å². The fraction of sp³-hybridized carbons (Fsp3) is 0.647. The van der Waals surface area contributed by atoms with Crippen LogP contribution in [0, 0.1) is 6.92 Å². The first-order valence-corrected chi connectivity index (χ1v) is 8.42. The van der Waals surface area contributed by atoms with E-state index in [0.717, 1.165) is 48.9 Å². The van der Waals surface area contributed by atoms with Gasteiger partial charge >= 0.3 is 0 Å². The molecule has 1 unspecified atom stereocenters. The van der Waals surface area contributed by atoms with Crippen molar-refractivity contribution in [2.45, 2.75) is 45.6 Å². The molecule has 0 spiro atoms. The lowest BCUT2D eigenvalue weighted by Gasteiger charge is -2.29. The number of likely N-dealkylation sites (tertiary alicyclic amines) is 1. The number of rotatable bonds is 7. The van der Waals surface area contributed by atoms with Crippen molar-refractivity contribution in [3.63, 3.8) is 0 Å². The summed E-state index contributed by atoms with van der Waals surface area (Å²) in [6.07, 6.45) is 4.49. The summed E-state index contributed by atoms with van der Waals surface area (Å²) in [7, 11) is 0. The number of benzene rings is 1. The first-order chi connectivity index (χ1) is 10.2. The number of nitrogens with two attached hydrogens (primary N) is 1. The minimum absolute atomic E-state index is 0.322. The van der Waals surface area contributed by atoms with E-state index in [1.54, 1.807) is 0 Å². The minimum Gasteiger partial charge on any atom is -0.493 e. The Morgan fingerprint density at radius 1 is 1.33 bits per heavy atom. The third-order valence-electron chi connectivity index (χ3n) is 4.13. The maximum atomic E-state index is 6.37. The predicted octanol–water partition coefficient (Wildman–Crippen LogP) is 3.92. The Kier molecular flexibility index (Phi) is 6.34. The molecule has 0 radical (unpaired) electrons. The van der Waals surface area contributed by atoms with E-state index in [9.17, 15) is 0 Å². The quantitative estimate of drug-likeness (QED) is 0.829. The summed E-state index contributed by atoms with van der Waals surface area (Å²) in [6.45, 7) is 7.86. The molecule has 3 nitrogen and oxygen atoms in total. The predicted molar refractivity (Wildman–Crippen MR) is 89.2 cm³/mol. The van der Waals surface area contributed by atoms with Gasteiger partial charge in [0, 0.05) is 16.6 Å². The molecule has 0 aliphatic carbocycles. The summed E-state index contributed by atoms with van der Waals surface area (Å²) in [5.74, 6) is 0.976. The Labute approximate surface area is 133 Å². The maximum absolute atomic E-state index is 6.37. The molecule has 118 valence electrons. The molecule has 1 heterocycles. The zero-order valence-corrected chi connectivity index (χ0v) is 14.0. The third-order valence-corrected chi connectivity index (χ3v) is 4.54. The van der Waals surface area contributed by atoms with E-state index < -0.39 is 0 Å². The van der Waals surface area contributed by atoms with E-state index >= 15 is 0 Å². The van der Waals surface area contributed by atoms with Crippen molar-refractivity contribution in [1.82, 2.24) is 4.90 Å². The highest BCUT2D eigenvalue weighted by Gasteiger charge is 2.26. The Balaban J connectivity index is 2.34. The molecular weight excluding hydrogens is 284 g/mol. The minimum atomic E-state index is 0.322. The largest absolute Gasteiger partial charge is 0.493 e. The number of halogens is 1. The van der Waals surface area contributed by atoms with Crippen LogP contribution in [-0.4, -0.2) is 31.1 Å². The third kappa shape index (κ3) is 4.12. The molecule has 1 fully saturated rings. The highest BCUT2D eigenvalue weighted by atomic mass is 35.5. The van der Waals surface area contributed by atoms with Crippen LogP contribution in [0.3, 0.4) is 0 Å². The summed E-state index contributed by atoms with van der Waals surface area (Å²) >= 11 is 6.37. The smallest absolute Gasteiger partial charge is 0.124 e. The van der Waals surface area contributed by atoms with Crippen LogP contribution in [0.4, 0.5) is 0 Å². The van der Waals surface area contributed by atoms with Crippen LogP contribution in [-0.2, 0) is 0 Å². The van der Waals surface area contributed by atoms with E-state index in [1.165, 1.54) is 18.4 Å². The number of hydrogen-bond donors (Lipinski definition) is 1. The molecule has 1 aromatic carbocycles. The van der Waals surface area contributed by atoms with Gasteiger partial charge in [-0.25, -0.2) is 0 Å². The number of aryl methyl sites for hydroxylation is 1. The molecule has 0 saturated carbocycles. The van der Waals surface area contributed by atoms with Crippen molar-refractivity contribution in [2.75, 3.05) is 26.2 Å². The van der Waals surface area contributed by atoms with Crippen LogP contribution < -0.4 is 10.5 Å². The average molecular weight is 311 g/mol. The number of hydrogen-bond acceptors (Lipinski definition) is 3. The van der Waals surface area contributed by atoms with Gasteiger partial charge in [0.1, 0.15) is 5.75 Å². The van der Waals surface area contributed by atoms with E-state index in [-0.39, 0.29) is 0 Å². The van der Waals surface area contributed by atoms with E-state index in [1.807, 2.05) is 6.92 Å². The topological polar surface area (TPSA) is 38.5 Å². The molecule has 1 saturated heterocycles. The summed E-state index contributed by atoms with van der Waals surface area (Å²) in [6, 6.07) is 4.48. The second-order valence-electron chi connectivity index (χ2n) is 5.82. The zero-order chi connectivity index (χ0) is 15.2. The lowest BCUT2D eigenvalue weighted by atomic mass is 9.99. The summed E-state index contributed by atoms with van der Waals surface area (Å²) in [5.41, 5.74) is 8.12. The molecular formula is C17H27ClN2O. The first-order valence-electron chi connectivity index (χ1n) is 8.04. The van der Waals surface area contributed by atoms with Crippen molar-refractivity contribution < 1.29 is 4.74 Å². The molecule has 0 amide bonds. The van der Waals surface area contributed by atoms with Gasteiger partial charge in [0.15, 0.2) is 0 Å². The molecule has 0 aromatic heterocycles. The molecule has 1 atom stereocenters. The van der Waals surface area contributed by atoms with E-state index in [2.05, 4.69) is 24.0 Å². The lowest BCUT2D eigenvalue weighted by molar-refractivity contribution is 0.225. The molecule has 0 bridgehead atoms. The van der Waals surface area contributed by atoms with Crippen molar-refractivity contribution in [3.05, 3.63) is 28.3 Å². The summed E-state index contributed by atoms with van der Waals surface area (Å²) in [4.78, 5) is 2.52. The molecule has 4 heteroatoms. The van der Waals surface area contributed by atoms with Crippen LogP contribution in [0.5, 0.6) is 5.75 Å². The molecule has 1 aliphatic heterocycles. The molecule has 1 aliphatic rings. The zero-order valence-electron chi connectivity index (χ0n) is 13.2. The molecule has 21 heavy (non-hydrogen) atoms. The van der Waals surface area contributed by atoms with Crippen LogP contribution in [0.2, 0.25) is 5.02 Å². The summed E-state index contributed by atoms with van der Waals surface area (Å²) in [5, 5.41) is 0.815. The fourth-order valence-corrected chi connectivity index (χ4v) is 3.19. The van der Waals surface area contributed by atoms with Crippen molar-refractivity contribution >= 4 is 11.6 Å². The molecule has 2 rings (SSSR count). The van der Waals surface area contributed by atoms with Gasteiger partial charge in [-0.05, 0) is 69.9 Å². The summed E-state index contributed by atoms with van der Waals surface area (Å²) < 4.78 is 5.98. The lowest BCUT2D eigenvalue weighted by Crippen LogP contribution is -2.28. The van der Waals surface area contributed by atoms with Gasteiger partial charge in [-0.2, -0.15) is 0 Å². The standard InChI is InChI=1S/C17H27ClN2O/c1-3-10-21-17-11-13(2)15(18)12-14(17)16(6-7-19)20-8-4-5-9-20/h11-12,16H,3-10,19H2,1-2H3. The van der Waals surface area contributed by atoms with Crippen LogP contribution in [0.25, 0.3) is 0 Å². The highest BCUT2D eigenvalue weighted by Crippen LogP contribution is 2.37. The van der Waals surface area contributed by atoms with Crippen molar-refractivity contribution in [2.24, 2.45) is 5.73 Å². The van der Waals surface area contributed by atoms with Gasteiger partial charge in [-0.3, -0.25) is 4.90 Å². The normalized spacial score (nSPS) is 17.1. The van der Waals surface area contributed by atoms with Gasteiger partial charge in [0.2, 0.25) is 0 Å². The average Bonchev–Trinajstić information content (AvgIpc) is 3.00. The van der Waals surface area contributed by atoms with Crippen molar-refractivity contribution in [3.8, 4) is 5.75 Å². The number of ether oxygens (including phenoxy) is 1. The van der Waals surface area contributed by atoms with Crippen LogP contribution in [0.15, 0.2) is 12.1 Å². The molecule has 2 N–H and O–H groups in total.